The summed E-state index contributed by atoms with van der Waals surface area (Å²) >= 11 is 7.29. The zero-order chi connectivity index (χ0) is 22.0. The van der Waals surface area contributed by atoms with Gasteiger partial charge in [0.25, 0.3) is 15.9 Å². The molecule has 0 aliphatic carbocycles. The number of amides is 1. The van der Waals surface area contributed by atoms with Crippen LogP contribution in [0.15, 0.2) is 33.9 Å². The van der Waals surface area contributed by atoms with Crippen molar-refractivity contribution >= 4 is 44.6 Å². The second kappa shape index (κ2) is 9.48. The number of halogens is 1. The lowest BCUT2D eigenvalue weighted by molar-refractivity contribution is 0.0762. The van der Waals surface area contributed by atoms with Gasteiger partial charge >= 0.3 is 0 Å². The Balaban J connectivity index is 1.44. The molecule has 0 spiro atoms. The fourth-order valence-electron chi connectivity index (χ4n) is 4.24. The Morgan fingerprint density at radius 3 is 2.32 bits per heavy atom. The van der Waals surface area contributed by atoms with Crippen molar-refractivity contribution in [2.24, 2.45) is 0 Å². The Morgan fingerprint density at radius 2 is 1.65 bits per heavy atom. The predicted molar refractivity (Wildman–Crippen MR) is 126 cm³/mol. The molecule has 1 aromatic heterocycles. The lowest BCUT2D eigenvalue weighted by atomic mass is 10.1. The third-order valence-electron chi connectivity index (χ3n) is 6.06. The molecule has 2 saturated heterocycles. The highest BCUT2D eigenvalue weighted by Gasteiger charge is 2.31. The largest absolute Gasteiger partial charge is 0.369 e. The van der Waals surface area contributed by atoms with Gasteiger partial charge in [0.05, 0.1) is 5.56 Å². The van der Waals surface area contributed by atoms with Gasteiger partial charge in [-0.1, -0.05) is 30.5 Å². The van der Waals surface area contributed by atoms with Crippen LogP contribution in [0.5, 0.6) is 0 Å². The van der Waals surface area contributed by atoms with Gasteiger partial charge in [0.1, 0.15) is 4.21 Å². The van der Waals surface area contributed by atoms with Crippen molar-refractivity contribution in [1.29, 1.82) is 0 Å². The van der Waals surface area contributed by atoms with Crippen LogP contribution in [0.4, 0.5) is 5.69 Å². The number of aryl methyl sites for hydroxylation is 1. The van der Waals surface area contributed by atoms with E-state index in [0.29, 0.717) is 36.8 Å². The number of hydrogen-bond donors (Lipinski definition) is 0. The molecule has 31 heavy (non-hydrogen) atoms. The monoisotopic (exact) mass is 481 g/mol. The quantitative estimate of drug-likeness (QED) is 0.655. The van der Waals surface area contributed by atoms with E-state index in [4.69, 9.17) is 11.6 Å². The summed E-state index contributed by atoms with van der Waals surface area (Å²) in [7, 11) is -3.61. The normalized spacial score (nSPS) is 18.8. The fraction of sp³-hybridized carbons (Fsp3) is 0.500. The zero-order valence-electron chi connectivity index (χ0n) is 17.7. The van der Waals surface area contributed by atoms with E-state index in [1.165, 1.54) is 4.31 Å². The molecule has 0 atom stereocenters. The third kappa shape index (κ3) is 4.92. The number of benzene rings is 1. The summed E-state index contributed by atoms with van der Waals surface area (Å²) in [6.07, 6.45) is 4.32. The number of nitrogens with zero attached hydrogens (tertiary/aromatic N) is 3. The van der Waals surface area contributed by atoms with Crippen LogP contribution < -0.4 is 4.90 Å². The maximum absolute atomic E-state index is 13.2. The standard InChI is InChI=1S/C22H28ClN3O3S2/c1-17-6-7-19(23)15-20(17)24-10-12-26(13-11-24)31(28,29)21-14-18(16-30-21)22(27)25-8-4-2-3-5-9-25/h6-7,14-16H,2-5,8-13H2,1H3. The van der Waals surface area contributed by atoms with Crippen LogP contribution in [0, 0.1) is 6.92 Å². The van der Waals surface area contributed by atoms with Crippen molar-refractivity contribution in [3.05, 3.63) is 45.8 Å². The molecule has 2 fully saturated rings. The highest BCUT2D eigenvalue weighted by molar-refractivity contribution is 7.91. The number of hydrogen-bond acceptors (Lipinski definition) is 5. The van der Waals surface area contributed by atoms with E-state index in [1.54, 1.807) is 11.4 Å². The Morgan fingerprint density at radius 1 is 0.968 bits per heavy atom. The van der Waals surface area contributed by atoms with Gasteiger partial charge in [0.15, 0.2) is 0 Å². The van der Waals surface area contributed by atoms with Gasteiger partial charge in [-0.15, -0.1) is 11.3 Å². The summed E-state index contributed by atoms with van der Waals surface area (Å²) in [5.41, 5.74) is 2.65. The third-order valence-corrected chi connectivity index (χ3v) is 9.61. The van der Waals surface area contributed by atoms with Gasteiger partial charge in [-0.25, -0.2) is 8.42 Å². The van der Waals surface area contributed by atoms with Crippen LogP contribution in [-0.2, 0) is 10.0 Å². The first-order valence-corrected chi connectivity index (χ1v) is 13.4. The fourth-order valence-corrected chi connectivity index (χ4v) is 7.13. The van der Waals surface area contributed by atoms with Crippen molar-refractivity contribution < 1.29 is 13.2 Å². The van der Waals surface area contributed by atoms with E-state index in [0.717, 1.165) is 61.4 Å². The summed E-state index contributed by atoms with van der Waals surface area (Å²) in [5, 5.41) is 2.36. The molecule has 3 heterocycles. The van der Waals surface area contributed by atoms with E-state index >= 15 is 0 Å². The Bertz CT molecular complexity index is 1040. The van der Waals surface area contributed by atoms with Crippen molar-refractivity contribution in [3.63, 3.8) is 0 Å². The van der Waals surface area contributed by atoms with Crippen molar-refractivity contribution in [3.8, 4) is 0 Å². The maximum atomic E-state index is 13.2. The molecule has 168 valence electrons. The molecule has 9 heteroatoms. The molecule has 1 aromatic carbocycles. The Hall–Kier alpha value is -1.61. The minimum Gasteiger partial charge on any atom is -0.369 e. The maximum Gasteiger partial charge on any atom is 0.254 e. The summed E-state index contributed by atoms with van der Waals surface area (Å²) in [5.74, 6) is -0.0548. The van der Waals surface area contributed by atoms with Crippen LogP contribution in [-0.4, -0.2) is 62.8 Å². The number of thiophene rings is 1. The highest BCUT2D eigenvalue weighted by Crippen LogP contribution is 2.29. The number of sulfonamides is 1. The minimum atomic E-state index is -3.61. The van der Waals surface area contributed by atoms with E-state index in [1.807, 2.05) is 30.0 Å². The van der Waals surface area contributed by atoms with Crippen LogP contribution >= 0.6 is 22.9 Å². The minimum absolute atomic E-state index is 0.0548. The number of carbonyl (C=O) groups is 1. The molecule has 0 unspecified atom stereocenters. The molecule has 2 aromatic rings. The van der Waals surface area contributed by atoms with Crippen LogP contribution in [0.25, 0.3) is 0 Å². The van der Waals surface area contributed by atoms with Crippen molar-refractivity contribution in [2.45, 2.75) is 36.8 Å². The van der Waals surface area contributed by atoms with E-state index < -0.39 is 10.0 Å². The smallest absolute Gasteiger partial charge is 0.254 e. The first-order valence-electron chi connectivity index (χ1n) is 10.8. The topological polar surface area (TPSA) is 60.9 Å². The summed E-state index contributed by atoms with van der Waals surface area (Å²) in [6.45, 7) is 5.55. The molecular weight excluding hydrogens is 454 g/mol. The van der Waals surface area contributed by atoms with Gasteiger partial charge in [-0.3, -0.25) is 4.79 Å². The number of likely N-dealkylation sites (tertiary alicyclic amines) is 1. The molecule has 2 aliphatic heterocycles. The summed E-state index contributed by atoms with van der Waals surface area (Å²) in [6, 6.07) is 7.33. The van der Waals surface area contributed by atoms with E-state index in [-0.39, 0.29) is 10.1 Å². The molecule has 2 aliphatic rings. The molecule has 6 nitrogen and oxygen atoms in total. The van der Waals surface area contributed by atoms with Crippen LogP contribution in [0.1, 0.15) is 41.6 Å². The predicted octanol–water partition coefficient (Wildman–Crippen LogP) is 4.24. The summed E-state index contributed by atoms with van der Waals surface area (Å²) in [4.78, 5) is 16.9. The average Bonchev–Trinajstić information content (AvgIpc) is 3.12. The highest BCUT2D eigenvalue weighted by atomic mass is 35.5. The Labute approximate surface area is 193 Å². The second-order valence-electron chi connectivity index (χ2n) is 8.18. The summed E-state index contributed by atoms with van der Waals surface area (Å²) < 4.78 is 28.2. The number of anilines is 1. The van der Waals surface area contributed by atoms with Crippen molar-refractivity contribution in [1.82, 2.24) is 9.21 Å². The molecule has 0 saturated carbocycles. The van der Waals surface area contributed by atoms with E-state index in [2.05, 4.69) is 4.90 Å². The van der Waals surface area contributed by atoms with Crippen molar-refractivity contribution in [2.75, 3.05) is 44.2 Å². The lowest BCUT2D eigenvalue weighted by Gasteiger charge is -2.36. The average molecular weight is 482 g/mol. The number of rotatable bonds is 4. The van der Waals surface area contributed by atoms with Crippen LogP contribution in [0.3, 0.4) is 0 Å². The number of carbonyl (C=O) groups excluding carboxylic acids is 1. The SMILES string of the molecule is Cc1ccc(Cl)cc1N1CCN(S(=O)(=O)c2cc(C(=O)N3CCCCCC3)cs2)CC1. The van der Waals surface area contributed by atoms with Gasteiger partial charge in [0.2, 0.25) is 0 Å². The molecular formula is C22H28ClN3O3S2. The molecule has 4 rings (SSSR count). The number of piperazine rings is 1. The Kier molecular flexibility index (Phi) is 6.91. The van der Waals surface area contributed by atoms with Gasteiger partial charge < -0.3 is 9.80 Å². The second-order valence-corrected chi connectivity index (χ2v) is 11.7. The van der Waals surface area contributed by atoms with Gasteiger partial charge in [0, 0.05) is 55.4 Å². The van der Waals surface area contributed by atoms with E-state index in [9.17, 15) is 13.2 Å². The first kappa shape index (κ1) is 22.6. The molecule has 0 bridgehead atoms. The molecule has 0 radical (unpaired) electrons. The lowest BCUT2D eigenvalue weighted by Crippen LogP contribution is -2.48. The van der Waals surface area contributed by atoms with Crippen LogP contribution in [0.2, 0.25) is 5.02 Å². The first-order chi connectivity index (χ1) is 14.9. The van der Waals surface area contributed by atoms with Gasteiger partial charge in [-0.2, -0.15) is 4.31 Å². The van der Waals surface area contributed by atoms with Gasteiger partial charge in [-0.05, 0) is 43.5 Å². The zero-order valence-corrected chi connectivity index (χ0v) is 20.1. The molecule has 1 amide bonds. The molecule has 0 N–H and O–H groups in total.